The van der Waals surface area contributed by atoms with Crippen molar-refractivity contribution in [2.45, 2.75) is 129 Å². The molecule has 7 nitrogen and oxygen atoms in total. The number of hydrogen-bond acceptors (Lipinski definition) is 5. The van der Waals surface area contributed by atoms with E-state index >= 15 is 0 Å². The molecule has 1 heterocycles. The van der Waals surface area contributed by atoms with Crippen molar-refractivity contribution in [3.63, 3.8) is 0 Å². The molecule has 5 rings (SSSR count). The third-order valence-corrected chi connectivity index (χ3v) is 12.7. The van der Waals surface area contributed by atoms with Crippen molar-refractivity contribution in [1.82, 2.24) is 15.1 Å². The minimum Gasteiger partial charge on any atom is -0.393 e. The van der Waals surface area contributed by atoms with Crippen LogP contribution in [0.3, 0.4) is 0 Å². The molecule has 4 aliphatic carbocycles. The molecule has 1 saturated heterocycles. The van der Waals surface area contributed by atoms with Crippen molar-refractivity contribution in [3.05, 3.63) is 0 Å². The molecule has 228 valence electrons. The lowest BCUT2D eigenvalue weighted by Gasteiger charge is -2.62. The Balaban J connectivity index is 1.12. The molecule has 0 bridgehead atoms. The topological polar surface area (TPSA) is 93.1 Å². The van der Waals surface area contributed by atoms with E-state index in [1.807, 2.05) is 4.90 Å². The van der Waals surface area contributed by atoms with E-state index in [2.05, 4.69) is 31.0 Å². The number of unbranched alkanes of at least 4 members (excludes halogenated alkanes) is 4. The molecule has 0 aromatic carbocycles. The molecule has 1 aliphatic heterocycles. The van der Waals surface area contributed by atoms with E-state index in [1.165, 1.54) is 44.9 Å². The van der Waals surface area contributed by atoms with Crippen LogP contribution in [0.2, 0.25) is 0 Å². The number of amides is 2. The van der Waals surface area contributed by atoms with Gasteiger partial charge in [0, 0.05) is 38.6 Å². The minimum absolute atomic E-state index is 0.00864. The van der Waals surface area contributed by atoms with Crippen molar-refractivity contribution in [2.24, 2.45) is 34.5 Å². The van der Waals surface area contributed by atoms with Crippen LogP contribution in [0.5, 0.6) is 0 Å². The van der Waals surface area contributed by atoms with Gasteiger partial charge in [-0.15, -0.1) is 0 Å². The fraction of sp³-hybridized carbons (Fsp3) is 0.939. The first kappa shape index (κ1) is 30.3. The number of aliphatic hydroxyl groups excluding tert-OH is 2. The molecule has 40 heavy (non-hydrogen) atoms. The third kappa shape index (κ3) is 5.86. The maximum Gasteiger partial charge on any atom is 0.242 e. The molecule has 2 amide bonds. The zero-order valence-corrected chi connectivity index (χ0v) is 25.6. The second kappa shape index (κ2) is 12.6. The number of carbonyl (C=O) groups is 2. The highest BCUT2D eigenvalue weighted by Crippen LogP contribution is 2.66. The van der Waals surface area contributed by atoms with Crippen LogP contribution < -0.4 is 5.32 Å². The molecule has 0 spiro atoms. The van der Waals surface area contributed by atoms with Gasteiger partial charge in [0.2, 0.25) is 11.8 Å². The lowest BCUT2D eigenvalue weighted by Crippen LogP contribution is -2.62. The van der Waals surface area contributed by atoms with E-state index in [0.717, 1.165) is 51.6 Å². The Morgan fingerprint density at radius 3 is 2.35 bits per heavy atom. The number of nitrogens with one attached hydrogen (secondary N) is 1. The molecule has 7 heteroatoms. The maximum atomic E-state index is 12.8. The molecular weight excluding hydrogens is 502 g/mol. The molecule has 0 aromatic rings. The van der Waals surface area contributed by atoms with Crippen LogP contribution >= 0.6 is 0 Å². The Kier molecular flexibility index (Phi) is 9.53. The van der Waals surface area contributed by atoms with Gasteiger partial charge in [-0.1, -0.05) is 46.5 Å². The van der Waals surface area contributed by atoms with Crippen molar-refractivity contribution < 1.29 is 19.8 Å². The molecule has 5 aliphatic rings. The summed E-state index contributed by atoms with van der Waals surface area (Å²) in [6, 6.07) is 0.159. The predicted octanol–water partition coefficient (Wildman–Crippen LogP) is 4.35. The lowest BCUT2D eigenvalue weighted by molar-refractivity contribution is -0.156. The molecular formula is C33H57N3O4. The van der Waals surface area contributed by atoms with Crippen molar-refractivity contribution in [1.29, 1.82) is 0 Å². The van der Waals surface area contributed by atoms with E-state index in [0.29, 0.717) is 43.2 Å². The van der Waals surface area contributed by atoms with Gasteiger partial charge >= 0.3 is 0 Å². The van der Waals surface area contributed by atoms with Crippen molar-refractivity contribution >= 4 is 11.8 Å². The lowest BCUT2D eigenvalue weighted by atomic mass is 9.44. The first-order chi connectivity index (χ1) is 19.2. The summed E-state index contributed by atoms with van der Waals surface area (Å²) in [4.78, 5) is 29.3. The van der Waals surface area contributed by atoms with Gasteiger partial charge < -0.3 is 20.4 Å². The van der Waals surface area contributed by atoms with E-state index in [4.69, 9.17) is 0 Å². The molecule has 4 saturated carbocycles. The molecule has 5 fully saturated rings. The fourth-order valence-corrected chi connectivity index (χ4v) is 10.2. The Morgan fingerprint density at radius 1 is 0.875 bits per heavy atom. The summed E-state index contributed by atoms with van der Waals surface area (Å²) in [7, 11) is 0. The highest BCUT2D eigenvalue weighted by Gasteiger charge is 2.61. The first-order valence-electron chi connectivity index (χ1n) is 16.8. The summed E-state index contributed by atoms with van der Waals surface area (Å²) < 4.78 is 0. The molecule has 0 radical (unpaired) electrons. The van der Waals surface area contributed by atoms with E-state index in [9.17, 15) is 19.8 Å². The smallest absolute Gasteiger partial charge is 0.242 e. The largest absolute Gasteiger partial charge is 0.393 e. The summed E-state index contributed by atoms with van der Waals surface area (Å²) in [5.41, 5.74) is 0.352. The number of hydrogen-bond donors (Lipinski definition) is 3. The normalized spacial score (nSPS) is 41.6. The van der Waals surface area contributed by atoms with E-state index < -0.39 is 0 Å². The van der Waals surface area contributed by atoms with Crippen LogP contribution in [-0.4, -0.2) is 82.8 Å². The summed E-state index contributed by atoms with van der Waals surface area (Å²) in [6.07, 6.45) is 14.6. The second-order valence-electron chi connectivity index (χ2n) is 14.7. The van der Waals surface area contributed by atoms with Gasteiger partial charge in [0.1, 0.15) is 0 Å². The van der Waals surface area contributed by atoms with Gasteiger partial charge in [-0.25, -0.2) is 0 Å². The summed E-state index contributed by atoms with van der Waals surface area (Å²) in [5, 5.41) is 25.0. The van der Waals surface area contributed by atoms with Crippen molar-refractivity contribution in [2.75, 3.05) is 32.7 Å². The van der Waals surface area contributed by atoms with Gasteiger partial charge in [0.15, 0.2) is 0 Å². The molecule has 3 N–H and O–H groups in total. The molecule has 0 aromatic heterocycles. The highest BCUT2D eigenvalue weighted by molar-refractivity contribution is 5.84. The van der Waals surface area contributed by atoms with Gasteiger partial charge in [-0.3, -0.25) is 14.5 Å². The number of fused-ring (bicyclic) bond motifs is 5. The predicted molar refractivity (Wildman–Crippen MR) is 157 cm³/mol. The number of nitrogens with zero attached hydrogens (tertiary/aromatic N) is 2. The quantitative estimate of drug-likeness (QED) is 0.365. The van der Waals surface area contributed by atoms with Gasteiger partial charge in [-0.2, -0.15) is 0 Å². The molecule has 0 unspecified atom stereocenters. The van der Waals surface area contributed by atoms with Crippen LogP contribution in [0.15, 0.2) is 0 Å². The molecule has 9 atom stereocenters. The Bertz CT molecular complexity index is 891. The van der Waals surface area contributed by atoms with Gasteiger partial charge in [0.25, 0.3) is 0 Å². The Labute approximate surface area is 242 Å². The van der Waals surface area contributed by atoms with Crippen LogP contribution in [-0.2, 0) is 9.59 Å². The monoisotopic (exact) mass is 559 g/mol. The third-order valence-electron chi connectivity index (χ3n) is 12.7. The highest BCUT2D eigenvalue weighted by atomic mass is 16.3. The average Bonchev–Trinajstić information content (AvgIpc) is 3.26. The summed E-state index contributed by atoms with van der Waals surface area (Å²) in [5.74, 6) is 2.65. The van der Waals surface area contributed by atoms with Gasteiger partial charge in [0.05, 0.1) is 18.8 Å². The summed E-state index contributed by atoms with van der Waals surface area (Å²) in [6.45, 7) is 10.1. The summed E-state index contributed by atoms with van der Waals surface area (Å²) >= 11 is 0. The SMILES string of the molecule is CCCCCCCC(=O)NCC(=O)N1CCN([C@H]2C[C@@]3(C)[C@@H](CC[C@@H]4[C@@H]3CC[C@]3(C)[C@@H](O)CC[C@@H]43)C[C@@H]2O)CC1. The average molecular weight is 560 g/mol. The number of carbonyl (C=O) groups excluding carboxylic acids is 2. The van der Waals surface area contributed by atoms with Gasteiger partial charge in [-0.05, 0) is 92.3 Å². The maximum absolute atomic E-state index is 12.8. The Hall–Kier alpha value is -1.18. The van der Waals surface area contributed by atoms with Crippen LogP contribution in [0.25, 0.3) is 0 Å². The second-order valence-corrected chi connectivity index (χ2v) is 14.7. The number of rotatable bonds is 9. The Morgan fingerprint density at radius 2 is 1.60 bits per heavy atom. The zero-order valence-electron chi connectivity index (χ0n) is 25.6. The number of piperazine rings is 1. The van der Waals surface area contributed by atoms with Crippen LogP contribution in [0, 0.1) is 34.5 Å². The van der Waals surface area contributed by atoms with E-state index in [1.54, 1.807) is 0 Å². The number of aliphatic hydroxyl groups is 2. The minimum atomic E-state index is -0.296. The standard InChI is InChI=1S/C33H57N3O4/c1-4-5-6-7-8-9-30(39)34-22-31(40)36-18-16-35(17-19-36)27-21-33(3)23(20-28(27)37)10-11-24-25-12-13-29(38)32(25,2)15-14-26(24)33/h23-29,37-38H,4-22H2,1-3H3,(H,34,39)/t23-,24-,25-,26-,27-,28-,29-,32-,33-/m0/s1. The zero-order chi connectivity index (χ0) is 28.5. The van der Waals surface area contributed by atoms with Crippen molar-refractivity contribution in [3.8, 4) is 0 Å². The first-order valence-corrected chi connectivity index (χ1v) is 16.8. The van der Waals surface area contributed by atoms with Crippen LogP contribution in [0.4, 0.5) is 0 Å². The van der Waals surface area contributed by atoms with E-state index in [-0.39, 0.29) is 47.4 Å². The van der Waals surface area contributed by atoms with Crippen LogP contribution in [0.1, 0.15) is 111 Å². The fourth-order valence-electron chi connectivity index (χ4n) is 10.2.